The third-order valence-corrected chi connectivity index (χ3v) is 8.32. The number of aromatic nitrogens is 3. The normalized spacial score (nSPS) is 11.6. The molecule has 0 spiro atoms. The maximum absolute atomic E-state index is 6.73. The summed E-state index contributed by atoms with van der Waals surface area (Å²) in [5.74, 6) is 0.922. The van der Waals surface area contributed by atoms with Crippen molar-refractivity contribution in [3.8, 4) is 38.0 Å². The first-order valence-electron chi connectivity index (χ1n) is 11.6. The van der Waals surface area contributed by atoms with E-state index in [2.05, 4.69) is 82.3 Å². The lowest BCUT2D eigenvalue weighted by Crippen LogP contribution is -2.03. The van der Waals surface area contributed by atoms with Crippen molar-refractivity contribution in [2.75, 3.05) is 0 Å². The smallest absolute Gasteiger partial charge is 0.161 e. The van der Waals surface area contributed by atoms with Crippen LogP contribution in [0.5, 0.6) is 0 Å². The van der Waals surface area contributed by atoms with Crippen LogP contribution in [0.25, 0.3) is 49.0 Å². The van der Waals surface area contributed by atoms with Gasteiger partial charge in [-0.25, -0.2) is 4.68 Å². The average Bonchev–Trinajstić information content (AvgIpc) is 3.59. The fraction of sp³-hybridized carbons (Fsp3) is 0.172. The summed E-state index contributed by atoms with van der Waals surface area (Å²) in [6, 6.07) is 19.2. The van der Waals surface area contributed by atoms with Crippen molar-refractivity contribution >= 4 is 33.6 Å². The summed E-state index contributed by atoms with van der Waals surface area (Å²) in [4.78, 5) is 9.63. The van der Waals surface area contributed by atoms with Crippen LogP contribution < -0.4 is 0 Å². The summed E-state index contributed by atoms with van der Waals surface area (Å²) in [6.07, 6.45) is 1.85. The Bertz CT molecular complexity index is 1690. The van der Waals surface area contributed by atoms with Crippen LogP contribution in [-0.4, -0.2) is 14.8 Å². The van der Waals surface area contributed by atoms with Crippen molar-refractivity contribution < 1.29 is 4.42 Å². The van der Waals surface area contributed by atoms with E-state index in [0.29, 0.717) is 0 Å². The number of hydrogen-bond acceptors (Lipinski definition) is 5. The number of furan rings is 1. The Hall–Kier alpha value is -3.48. The lowest BCUT2D eigenvalue weighted by molar-refractivity contribution is 0.629. The third-order valence-electron chi connectivity index (χ3n) is 6.30. The van der Waals surface area contributed by atoms with Gasteiger partial charge in [-0.3, -0.25) is 4.98 Å². The Morgan fingerprint density at radius 1 is 0.800 bits per heavy atom. The molecule has 6 rings (SSSR count). The number of thiophene rings is 2. The van der Waals surface area contributed by atoms with E-state index < -0.39 is 0 Å². The van der Waals surface area contributed by atoms with E-state index in [1.807, 2.05) is 17.8 Å². The van der Waals surface area contributed by atoms with Gasteiger partial charge in [-0.1, -0.05) is 12.1 Å². The van der Waals surface area contributed by atoms with Crippen LogP contribution in [0.1, 0.15) is 26.7 Å². The molecule has 4 nitrogen and oxygen atoms in total. The number of benzene rings is 1. The van der Waals surface area contributed by atoms with Crippen molar-refractivity contribution in [1.29, 1.82) is 0 Å². The van der Waals surface area contributed by atoms with Crippen LogP contribution in [-0.2, 0) is 0 Å². The predicted octanol–water partition coefficient (Wildman–Crippen LogP) is 8.68. The van der Waals surface area contributed by atoms with Crippen LogP contribution in [0.3, 0.4) is 0 Å². The molecule has 0 amide bonds. The minimum Gasteiger partial charge on any atom is -0.452 e. The van der Waals surface area contributed by atoms with Gasteiger partial charge in [-0.2, -0.15) is 5.10 Å². The topological polar surface area (TPSA) is 43.9 Å². The maximum Gasteiger partial charge on any atom is 0.161 e. The van der Waals surface area contributed by atoms with Crippen LogP contribution >= 0.6 is 22.7 Å². The second kappa shape index (κ2) is 8.33. The minimum atomic E-state index is 0.843. The largest absolute Gasteiger partial charge is 0.452 e. The van der Waals surface area contributed by atoms with E-state index in [9.17, 15) is 0 Å². The standard InChI is InChI=1S/C29H25N3OS2/c1-16-15-17(2)31-20(5)26(16)22-13-14-30-32(22)23-8-6-7-21-27(24-11-9-18(3)34-24)29(33-28(21)23)25-12-10-19(4)35-25/h6-15H,1-5H3. The summed E-state index contributed by atoms with van der Waals surface area (Å²) < 4.78 is 8.72. The molecule has 0 aliphatic heterocycles. The van der Waals surface area contributed by atoms with Gasteiger partial charge >= 0.3 is 0 Å². The number of aryl methyl sites for hydroxylation is 5. The molecule has 0 radical (unpaired) electrons. The molecular weight excluding hydrogens is 470 g/mol. The molecule has 35 heavy (non-hydrogen) atoms. The second-order valence-corrected chi connectivity index (χ2v) is 11.5. The van der Waals surface area contributed by atoms with Crippen LogP contribution in [0, 0.1) is 34.6 Å². The third kappa shape index (κ3) is 3.65. The molecule has 174 valence electrons. The van der Waals surface area contributed by atoms with E-state index in [4.69, 9.17) is 14.5 Å². The van der Waals surface area contributed by atoms with Crippen molar-refractivity contribution in [3.05, 3.63) is 87.5 Å². The molecule has 0 atom stereocenters. The quantitative estimate of drug-likeness (QED) is 0.246. The zero-order chi connectivity index (χ0) is 24.3. The molecule has 0 bridgehead atoms. The molecule has 0 unspecified atom stereocenters. The predicted molar refractivity (Wildman–Crippen MR) is 147 cm³/mol. The van der Waals surface area contributed by atoms with E-state index in [1.165, 1.54) is 20.2 Å². The molecule has 5 heterocycles. The zero-order valence-electron chi connectivity index (χ0n) is 20.3. The number of hydrogen-bond donors (Lipinski definition) is 0. The summed E-state index contributed by atoms with van der Waals surface area (Å²) >= 11 is 3.56. The Labute approximate surface area is 212 Å². The fourth-order valence-electron chi connectivity index (χ4n) is 4.91. The molecule has 0 saturated heterocycles. The van der Waals surface area contributed by atoms with Gasteiger partial charge in [-0.05, 0) is 82.6 Å². The van der Waals surface area contributed by atoms with Crippen molar-refractivity contribution in [1.82, 2.24) is 14.8 Å². The average molecular weight is 496 g/mol. The molecule has 0 fully saturated rings. The number of fused-ring (bicyclic) bond motifs is 1. The highest BCUT2D eigenvalue weighted by Crippen LogP contribution is 2.46. The highest BCUT2D eigenvalue weighted by atomic mass is 32.1. The van der Waals surface area contributed by atoms with Gasteiger partial charge in [0.15, 0.2) is 11.3 Å². The van der Waals surface area contributed by atoms with Gasteiger partial charge in [0.25, 0.3) is 0 Å². The molecule has 1 aromatic carbocycles. The molecule has 0 saturated carbocycles. The fourth-order valence-corrected chi connectivity index (χ4v) is 6.69. The van der Waals surface area contributed by atoms with Crippen LogP contribution in [0.2, 0.25) is 0 Å². The Morgan fingerprint density at radius 3 is 2.23 bits per heavy atom. The Kier molecular flexibility index (Phi) is 5.24. The molecule has 5 aromatic heterocycles. The highest BCUT2D eigenvalue weighted by Gasteiger charge is 2.24. The summed E-state index contributed by atoms with van der Waals surface area (Å²) in [5.41, 5.74) is 8.26. The van der Waals surface area contributed by atoms with Crippen molar-refractivity contribution in [3.63, 3.8) is 0 Å². The first kappa shape index (κ1) is 22.0. The lowest BCUT2D eigenvalue weighted by atomic mass is 10.0. The maximum atomic E-state index is 6.73. The summed E-state index contributed by atoms with van der Waals surface area (Å²) in [6.45, 7) is 10.5. The first-order chi connectivity index (χ1) is 16.9. The van der Waals surface area contributed by atoms with Gasteiger partial charge in [0, 0.05) is 42.5 Å². The SMILES string of the molecule is Cc1cc(C)c(-c2ccnn2-c2cccc3c(-c4ccc(C)s4)c(-c4ccc(C)s4)oc23)c(C)n1. The number of nitrogens with zero attached hydrogens (tertiary/aromatic N) is 3. The monoisotopic (exact) mass is 495 g/mol. The number of rotatable bonds is 4. The Morgan fingerprint density at radius 2 is 1.54 bits per heavy atom. The van der Waals surface area contributed by atoms with E-state index in [-0.39, 0.29) is 0 Å². The minimum absolute atomic E-state index is 0.843. The molecule has 6 heteroatoms. The second-order valence-electron chi connectivity index (χ2n) is 8.95. The lowest BCUT2D eigenvalue weighted by Gasteiger charge is -2.13. The number of para-hydroxylation sites is 1. The summed E-state index contributed by atoms with van der Waals surface area (Å²) in [5, 5.41) is 5.84. The number of pyridine rings is 1. The van der Waals surface area contributed by atoms with Gasteiger partial charge in [0.05, 0.1) is 16.8 Å². The molecule has 0 aliphatic rings. The molecule has 0 aliphatic carbocycles. The van der Waals surface area contributed by atoms with Crippen LogP contribution in [0.15, 0.2) is 65.2 Å². The van der Waals surface area contributed by atoms with E-state index >= 15 is 0 Å². The van der Waals surface area contributed by atoms with E-state index in [0.717, 1.165) is 55.5 Å². The van der Waals surface area contributed by atoms with Gasteiger partial charge < -0.3 is 4.42 Å². The molecule has 6 aromatic rings. The van der Waals surface area contributed by atoms with Crippen molar-refractivity contribution in [2.24, 2.45) is 0 Å². The van der Waals surface area contributed by atoms with E-state index in [1.54, 1.807) is 22.7 Å². The first-order valence-corrected chi connectivity index (χ1v) is 13.2. The molecule has 0 N–H and O–H groups in total. The Balaban J connectivity index is 1.63. The summed E-state index contributed by atoms with van der Waals surface area (Å²) in [7, 11) is 0. The van der Waals surface area contributed by atoms with Gasteiger partial charge in [-0.15, -0.1) is 22.7 Å². The highest BCUT2D eigenvalue weighted by molar-refractivity contribution is 7.16. The van der Waals surface area contributed by atoms with Gasteiger partial charge in [0.2, 0.25) is 0 Å². The van der Waals surface area contributed by atoms with Gasteiger partial charge in [0.1, 0.15) is 5.69 Å². The van der Waals surface area contributed by atoms with Crippen LogP contribution in [0.4, 0.5) is 0 Å². The zero-order valence-corrected chi connectivity index (χ0v) is 22.0. The molecular formula is C29H25N3OS2. The van der Waals surface area contributed by atoms with Crippen molar-refractivity contribution in [2.45, 2.75) is 34.6 Å².